The molecule has 0 saturated heterocycles. The van der Waals surface area contributed by atoms with Gasteiger partial charge in [0.05, 0.1) is 12.5 Å². The number of halogens is 3. The third kappa shape index (κ3) is 4.53. The Morgan fingerprint density at radius 3 is 2.29 bits per heavy atom. The molecule has 1 rings (SSSR count). The van der Waals surface area contributed by atoms with Crippen LogP contribution in [0.15, 0.2) is 0 Å². The summed E-state index contributed by atoms with van der Waals surface area (Å²) in [4.78, 5) is 11.1. The van der Waals surface area contributed by atoms with Gasteiger partial charge in [0, 0.05) is 0 Å². The molecule has 0 aromatic carbocycles. The van der Waals surface area contributed by atoms with Crippen molar-refractivity contribution >= 4 is 5.97 Å². The maximum Gasteiger partial charge on any atom is 0.391 e. The van der Waals surface area contributed by atoms with Crippen molar-refractivity contribution in [1.82, 2.24) is 0 Å². The van der Waals surface area contributed by atoms with Crippen LogP contribution in [0.25, 0.3) is 0 Å². The van der Waals surface area contributed by atoms with Crippen LogP contribution in [-0.2, 0) is 9.53 Å². The van der Waals surface area contributed by atoms with Gasteiger partial charge in [0.15, 0.2) is 0 Å². The number of hydrogen-bond donors (Lipinski definition) is 1. The standard InChI is InChI=1S/C11H18F3NO2/c1-7(15)10(16)17-6-8-2-4-9(5-3-8)11(12,13)14/h7-9H,2-6,15H2,1H3/t7-,8-,9-/m0/s1. The van der Waals surface area contributed by atoms with E-state index in [1.54, 1.807) is 0 Å². The van der Waals surface area contributed by atoms with E-state index >= 15 is 0 Å². The van der Waals surface area contributed by atoms with Gasteiger partial charge in [0.25, 0.3) is 0 Å². The highest BCUT2D eigenvalue weighted by molar-refractivity contribution is 5.74. The number of ether oxygens (including phenoxy) is 1. The Bertz CT molecular complexity index is 258. The van der Waals surface area contributed by atoms with Gasteiger partial charge in [0.2, 0.25) is 0 Å². The number of esters is 1. The number of carbonyl (C=O) groups is 1. The van der Waals surface area contributed by atoms with E-state index in [-0.39, 0.29) is 25.4 Å². The summed E-state index contributed by atoms with van der Waals surface area (Å²) < 4.78 is 42.1. The molecule has 6 heteroatoms. The Kier molecular flexibility index (Phi) is 4.80. The first-order valence-electron chi connectivity index (χ1n) is 5.79. The van der Waals surface area contributed by atoms with Crippen LogP contribution < -0.4 is 5.73 Å². The zero-order chi connectivity index (χ0) is 13.1. The predicted molar refractivity (Wildman–Crippen MR) is 56.1 cm³/mol. The molecule has 0 unspecified atom stereocenters. The minimum atomic E-state index is -4.09. The summed E-state index contributed by atoms with van der Waals surface area (Å²) in [6, 6.07) is -0.679. The van der Waals surface area contributed by atoms with Gasteiger partial charge in [-0.15, -0.1) is 0 Å². The minimum absolute atomic E-state index is 0.0382. The average Bonchev–Trinajstić information content (AvgIpc) is 2.25. The van der Waals surface area contributed by atoms with Gasteiger partial charge in [-0.25, -0.2) is 0 Å². The van der Waals surface area contributed by atoms with Crippen LogP contribution in [-0.4, -0.2) is 24.8 Å². The number of hydrogen-bond acceptors (Lipinski definition) is 3. The monoisotopic (exact) mass is 253 g/mol. The first-order valence-corrected chi connectivity index (χ1v) is 5.79. The molecular formula is C11H18F3NO2. The van der Waals surface area contributed by atoms with Crippen LogP contribution in [0, 0.1) is 11.8 Å². The van der Waals surface area contributed by atoms with Gasteiger partial charge >= 0.3 is 12.1 Å². The van der Waals surface area contributed by atoms with Crippen molar-refractivity contribution in [2.75, 3.05) is 6.61 Å². The van der Waals surface area contributed by atoms with E-state index in [0.29, 0.717) is 12.8 Å². The summed E-state index contributed by atoms with van der Waals surface area (Å²) in [5.41, 5.74) is 5.31. The first kappa shape index (κ1) is 14.3. The fourth-order valence-electron chi connectivity index (χ4n) is 1.99. The Balaban J connectivity index is 2.26. The molecule has 0 radical (unpaired) electrons. The van der Waals surface area contributed by atoms with Crippen molar-refractivity contribution < 1.29 is 22.7 Å². The Morgan fingerprint density at radius 1 is 1.35 bits per heavy atom. The maximum atomic E-state index is 12.4. The number of rotatable bonds is 3. The van der Waals surface area contributed by atoms with Crippen LogP contribution in [0.5, 0.6) is 0 Å². The average molecular weight is 253 g/mol. The summed E-state index contributed by atoms with van der Waals surface area (Å²) in [5, 5.41) is 0. The molecule has 0 heterocycles. The third-order valence-corrected chi connectivity index (χ3v) is 3.14. The summed E-state index contributed by atoms with van der Waals surface area (Å²) in [6.07, 6.45) is -2.92. The van der Waals surface area contributed by atoms with Crippen LogP contribution in [0.1, 0.15) is 32.6 Å². The number of alkyl halides is 3. The van der Waals surface area contributed by atoms with Crippen molar-refractivity contribution in [3.05, 3.63) is 0 Å². The molecule has 100 valence electrons. The van der Waals surface area contributed by atoms with Gasteiger partial charge < -0.3 is 10.5 Å². The first-order chi connectivity index (χ1) is 7.80. The predicted octanol–water partition coefficient (Wildman–Crippen LogP) is 2.25. The third-order valence-electron chi connectivity index (χ3n) is 3.14. The van der Waals surface area contributed by atoms with Crippen LogP contribution in [0.4, 0.5) is 13.2 Å². The minimum Gasteiger partial charge on any atom is -0.464 e. The van der Waals surface area contributed by atoms with Gasteiger partial charge in [0.1, 0.15) is 6.04 Å². The smallest absolute Gasteiger partial charge is 0.391 e. The SMILES string of the molecule is C[C@H](N)C(=O)OC[C@H]1CC[C@H](C(F)(F)F)CC1. The lowest BCUT2D eigenvalue weighted by atomic mass is 9.82. The molecule has 1 saturated carbocycles. The fraction of sp³-hybridized carbons (Fsp3) is 0.909. The van der Waals surface area contributed by atoms with E-state index in [1.807, 2.05) is 0 Å². The molecule has 0 spiro atoms. The van der Waals surface area contributed by atoms with E-state index in [4.69, 9.17) is 10.5 Å². The Labute approximate surface area is 98.5 Å². The van der Waals surface area contributed by atoms with E-state index in [9.17, 15) is 18.0 Å². The summed E-state index contributed by atoms with van der Waals surface area (Å²) in [5.74, 6) is -1.65. The molecule has 2 N–H and O–H groups in total. The molecule has 1 aliphatic carbocycles. The van der Waals surface area contributed by atoms with Crippen molar-refractivity contribution in [1.29, 1.82) is 0 Å². The second kappa shape index (κ2) is 5.71. The van der Waals surface area contributed by atoms with Crippen molar-refractivity contribution in [2.45, 2.75) is 44.8 Å². The zero-order valence-electron chi connectivity index (χ0n) is 9.80. The van der Waals surface area contributed by atoms with Crippen LogP contribution in [0.3, 0.4) is 0 Å². The highest BCUT2D eigenvalue weighted by atomic mass is 19.4. The van der Waals surface area contributed by atoms with Gasteiger partial charge in [-0.2, -0.15) is 13.2 Å². The number of carbonyl (C=O) groups excluding carboxylic acids is 1. The Hall–Kier alpha value is -0.780. The molecule has 1 aliphatic rings. The molecular weight excluding hydrogens is 235 g/mol. The molecule has 3 nitrogen and oxygen atoms in total. The quantitative estimate of drug-likeness (QED) is 0.785. The largest absolute Gasteiger partial charge is 0.464 e. The second-order valence-electron chi connectivity index (χ2n) is 4.68. The highest BCUT2D eigenvalue weighted by Gasteiger charge is 2.41. The molecule has 1 fully saturated rings. The normalized spacial score (nSPS) is 27.6. The van der Waals surface area contributed by atoms with E-state index in [2.05, 4.69) is 0 Å². The van der Waals surface area contributed by atoms with Crippen molar-refractivity contribution in [3.63, 3.8) is 0 Å². The van der Waals surface area contributed by atoms with E-state index < -0.39 is 24.1 Å². The molecule has 17 heavy (non-hydrogen) atoms. The number of nitrogens with two attached hydrogens (primary N) is 1. The molecule has 0 aliphatic heterocycles. The van der Waals surface area contributed by atoms with Crippen molar-refractivity contribution in [2.24, 2.45) is 17.6 Å². The zero-order valence-corrected chi connectivity index (χ0v) is 9.80. The topological polar surface area (TPSA) is 52.3 Å². The molecule has 1 atom stereocenters. The van der Waals surface area contributed by atoms with E-state index in [0.717, 1.165) is 0 Å². The lowest BCUT2D eigenvalue weighted by Crippen LogP contribution is -2.32. The summed E-state index contributed by atoms with van der Waals surface area (Å²) >= 11 is 0. The molecule has 0 aromatic heterocycles. The van der Waals surface area contributed by atoms with Crippen molar-refractivity contribution in [3.8, 4) is 0 Å². The van der Waals surface area contributed by atoms with Gasteiger partial charge in [-0.1, -0.05) is 0 Å². The van der Waals surface area contributed by atoms with Crippen LogP contribution in [0.2, 0.25) is 0 Å². The lowest BCUT2D eigenvalue weighted by molar-refractivity contribution is -0.185. The fourth-order valence-corrected chi connectivity index (χ4v) is 1.99. The molecule has 0 bridgehead atoms. The lowest BCUT2D eigenvalue weighted by Gasteiger charge is -2.29. The van der Waals surface area contributed by atoms with Gasteiger partial charge in [-0.3, -0.25) is 4.79 Å². The maximum absolute atomic E-state index is 12.4. The summed E-state index contributed by atoms with van der Waals surface area (Å²) in [6.45, 7) is 1.70. The Morgan fingerprint density at radius 2 is 1.88 bits per heavy atom. The summed E-state index contributed by atoms with van der Waals surface area (Å²) in [7, 11) is 0. The van der Waals surface area contributed by atoms with Crippen LogP contribution >= 0.6 is 0 Å². The highest BCUT2D eigenvalue weighted by Crippen LogP contribution is 2.39. The van der Waals surface area contributed by atoms with E-state index in [1.165, 1.54) is 6.92 Å². The van der Waals surface area contributed by atoms with Gasteiger partial charge in [-0.05, 0) is 38.5 Å². The molecule has 0 aromatic rings. The molecule has 0 amide bonds. The second-order valence-corrected chi connectivity index (χ2v) is 4.68.